The largest absolute Gasteiger partial charge is 0.378 e. The Labute approximate surface area is 176 Å². The molecule has 0 atom stereocenters. The van der Waals surface area contributed by atoms with Gasteiger partial charge in [-0.1, -0.05) is 0 Å². The van der Waals surface area contributed by atoms with Crippen LogP contribution in [0.4, 0.5) is 15.9 Å². The molecule has 3 heterocycles. The van der Waals surface area contributed by atoms with Crippen molar-refractivity contribution in [1.82, 2.24) is 14.5 Å². The van der Waals surface area contributed by atoms with Crippen molar-refractivity contribution in [3.8, 4) is 0 Å². The number of rotatable bonds is 3. The summed E-state index contributed by atoms with van der Waals surface area (Å²) in [5.41, 5.74) is 1.93. The van der Waals surface area contributed by atoms with Gasteiger partial charge in [0.1, 0.15) is 11.6 Å². The molecule has 1 amide bonds. The normalized spacial score (nSPS) is 14.0. The Balaban J connectivity index is 0.00000225. The number of nitrogens with zero attached hydrogens (tertiary/aromatic N) is 3. The lowest BCUT2D eigenvalue weighted by atomic mass is 10.1. The third-order valence-corrected chi connectivity index (χ3v) is 5.26. The summed E-state index contributed by atoms with van der Waals surface area (Å²) in [6.07, 6.45) is 3.47. The highest BCUT2D eigenvalue weighted by Crippen LogP contribution is 2.29. The Morgan fingerprint density at radius 1 is 1.29 bits per heavy atom. The van der Waals surface area contributed by atoms with Gasteiger partial charge >= 0.3 is 0 Å². The molecule has 3 aromatic rings. The van der Waals surface area contributed by atoms with E-state index in [1.807, 2.05) is 23.9 Å². The second-order valence-corrected chi connectivity index (χ2v) is 7.22. The monoisotopic (exact) mass is 468 g/mol. The van der Waals surface area contributed by atoms with Gasteiger partial charge in [-0.25, -0.2) is 9.37 Å². The first kappa shape index (κ1) is 20.6. The average Bonchev–Trinajstić information content (AvgIpc) is 3.08. The number of fused-ring (bicyclic) bond motifs is 1. The second kappa shape index (κ2) is 8.46. The summed E-state index contributed by atoms with van der Waals surface area (Å²) in [7, 11) is 1.89. The van der Waals surface area contributed by atoms with Crippen molar-refractivity contribution < 1.29 is 13.9 Å². The van der Waals surface area contributed by atoms with E-state index in [1.54, 1.807) is 23.2 Å². The SMILES string of the molecule is Cl.Cn1ccc2c(Nc3ccc(Br)c(F)c3)ncc(C(=O)N3CCOCC3)c21. The number of anilines is 2. The van der Waals surface area contributed by atoms with Gasteiger partial charge in [-0.3, -0.25) is 4.79 Å². The van der Waals surface area contributed by atoms with Crippen LogP contribution < -0.4 is 5.32 Å². The molecule has 0 radical (unpaired) electrons. The van der Waals surface area contributed by atoms with Crippen molar-refractivity contribution in [1.29, 1.82) is 0 Å². The predicted molar refractivity (Wildman–Crippen MR) is 112 cm³/mol. The molecule has 6 nitrogen and oxygen atoms in total. The maximum Gasteiger partial charge on any atom is 0.257 e. The number of amides is 1. The first-order valence-corrected chi connectivity index (χ1v) is 9.37. The van der Waals surface area contributed by atoms with Crippen LogP contribution in [0.15, 0.2) is 41.1 Å². The van der Waals surface area contributed by atoms with Crippen molar-refractivity contribution in [3.05, 3.63) is 52.5 Å². The molecule has 0 spiro atoms. The highest BCUT2D eigenvalue weighted by atomic mass is 79.9. The van der Waals surface area contributed by atoms with Gasteiger partial charge in [0.25, 0.3) is 5.91 Å². The predicted octanol–water partition coefficient (Wildman–Crippen LogP) is 4.11. The van der Waals surface area contributed by atoms with Crippen molar-refractivity contribution in [2.24, 2.45) is 7.05 Å². The van der Waals surface area contributed by atoms with Crippen LogP contribution in [0.5, 0.6) is 0 Å². The molecule has 9 heteroatoms. The number of aromatic nitrogens is 2. The first-order valence-electron chi connectivity index (χ1n) is 8.58. The number of aryl methyl sites for hydroxylation is 1. The summed E-state index contributed by atoms with van der Waals surface area (Å²) in [6, 6.07) is 6.69. The molecule has 1 aliphatic rings. The number of carbonyl (C=O) groups is 1. The molecule has 0 unspecified atom stereocenters. The number of hydrogen-bond donors (Lipinski definition) is 1. The summed E-state index contributed by atoms with van der Waals surface area (Å²) in [4.78, 5) is 19.2. The van der Waals surface area contributed by atoms with Gasteiger partial charge < -0.3 is 19.5 Å². The van der Waals surface area contributed by atoms with E-state index in [-0.39, 0.29) is 24.1 Å². The Hall–Kier alpha value is -2.16. The molecular formula is C19H19BrClFN4O2. The van der Waals surface area contributed by atoms with E-state index < -0.39 is 0 Å². The minimum atomic E-state index is -0.358. The highest BCUT2D eigenvalue weighted by Gasteiger charge is 2.23. The summed E-state index contributed by atoms with van der Waals surface area (Å²) < 4.78 is 21.4. The minimum absolute atomic E-state index is 0. The number of morpholine rings is 1. The van der Waals surface area contributed by atoms with Crippen LogP contribution in [0, 0.1) is 5.82 Å². The van der Waals surface area contributed by atoms with Gasteiger partial charge in [0.15, 0.2) is 0 Å². The van der Waals surface area contributed by atoms with Crippen LogP contribution in [0.3, 0.4) is 0 Å². The van der Waals surface area contributed by atoms with Crippen LogP contribution in [-0.2, 0) is 11.8 Å². The fraction of sp³-hybridized carbons (Fsp3) is 0.263. The standard InChI is InChI=1S/C19H18BrFN4O2.ClH/c1-24-5-4-13-17(24)14(19(26)25-6-8-27-9-7-25)11-22-18(13)23-12-2-3-15(20)16(21)10-12;/h2-5,10-11H,6-9H2,1H3,(H,22,23);1H. The Morgan fingerprint density at radius 2 is 2.04 bits per heavy atom. The highest BCUT2D eigenvalue weighted by molar-refractivity contribution is 9.10. The Morgan fingerprint density at radius 3 is 2.75 bits per heavy atom. The van der Waals surface area contributed by atoms with Gasteiger partial charge in [0.05, 0.1) is 28.8 Å². The van der Waals surface area contributed by atoms with Crippen molar-refractivity contribution in [3.63, 3.8) is 0 Å². The third-order valence-electron chi connectivity index (χ3n) is 4.62. The van der Waals surface area contributed by atoms with Crippen LogP contribution in [-0.4, -0.2) is 46.7 Å². The van der Waals surface area contributed by atoms with Gasteiger partial charge in [-0.15, -0.1) is 12.4 Å². The molecule has 0 aliphatic carbocycles. The van der Waals surface area contributed by atoms with Crippen LogP contribution in [0.25, 0.3) is 10.9 Å². The van der Waals surface area contributed by atoms with E-state index in [9.17, 15) is 9.18 Å². The number of ether oxygens (including phenoxy) is 1. The van der Waals surface area contributed by atoms with E-state index in [0.29, 0.717) is 47.8 Å². The van der Waals surface area contributed by atoms with Crippen molar-refractivity contribution in [2.75, 3.05) is 31.6 Å². The van der Waals surface area contributed by atoms with Crippen LogP contribution in [0.2, 0.25) is 0 Å². The molecule has 1 aliphatic heterocycles. The minimum Gasteiger partial charge on any atom is -0.378 e. The summed E-state index contributed by atoms with van der Waals surface area (Å²) >= 11 is 3.15. The Bertz CT molecular complexity index is 1020. The zero-order chi connectivity index (χ0) is 19.0. The van der Waals surface area contributed by atoms with Crippen molar-refractivity contribution in [2.45, 2.75) is 0 Å². The van der Waals surface area contributed by atoms with Gasteiger partial charge in [0, 0.05) is 43.6 Å². The van der Waals surface area contributed by atoms with Gasteiger partial charge in [-0.05, 0) is 40.2 Å². The van der Waals surface area contributed by atoms with Crippen LogP contribution >= 0.6 is 28.3 Å². The lowest BCUT2D eigenvalue weighted by Gasteiger charge is -2.27. The molecule has 1 N–H and O–H groups in total. The molecule has 1 aromatic carbocycles. The number of carbonyl (C=O) groups excluding carboxylic acids is 1. The van der Waals surface area contributed by atoms with E-state index in [4.69, 9.17) is 4.74 Å². The topological polar surface area (TPSA) is 59.4 Å². The summed E-state index contributed by atoms with van der Waals surface area (Å²) in [6.45, 7) is 2.24. The molecule has 1 fully saturated rings. The molecule has 0 bridgehead atoms. The number of pyridine rings is 1. The maximum atomic E-state index is 13.8. The average molecular weight is 470 g/mol. The number of hydrogen-bond acceptors (Lipinski definition) is 4. The summed E-state index contributed by atoms with van der Waals surface area (Å²) in [5, 5.41) is 3.95. The lowest BCUT2D eigenvalue weighted by Crippen LogP contribution is -2.40. The zero-order valence-electron chi connectivity index (χ0n) is 15.1. The molecule has 148 valence electrons. The van der Waals surface area contributed by atoms with E-state index >= 15 is 0 Å². The lowest BCUT2D eigenvalue weighted by molar-refractivity contribution is 0.0303. The smallest absolute Gasteiger partial charge is 0.257 e. The molecule has 2 aromatic heterocycles. The fourth-order valence-electron chi connectivity index (χ4n) is 3.22. The van der Waals surface area contributed by atoms with Crippen LogP contribution in [0.1, 0.15) is 10.4 Å². The van der Waals surface area contributed by atoms with E-state index in [2.05, 4.69) is 26.2 Å². The fourth-order valence-corrected chi connectivity index (χ4v) is 3.47. The number of benzene rings is 1. The first-order chi connectivity index (χ1) is 13.0. The van der Waals surface area contributed by atoms with Gasteiger partial charge in [0.2, 0.25) is 0 Å². The number of nitrogens with one attached hydrogen (secondary N) is 1. The van der Waals surface area contributed by atoms with Crippen molar-refractivity contribution >= 4 is 56.7 Å². The number of halogens is 3. The molecular weight excluding hydrogens is 451 g/mol. The summed E-state index contributed by atoms with van der Waals surface area (Å²) in [5.74, 6) is 0.160. The molecule has 0 saturated carbocycles. The third kappa shape index (κ3) is 3.85. The second-order valence-electron chi connectivity index (χ2n) is 6.37. The molecule has 28 heavy (non-hydrogen) atoms. The molecule has 1 saturated heterocycles. The maximum absolute atomic E-state index is 13.8. The van der Waals surface area contributed by atoms with E-state index in [1.165, 1.54) is 6.07 Å². The Kier molecular flexibility index (Phi) is 6.22. The van der Waals surface area contributed by atoms with E-state index in [0.717, 1.165) is 10.9 Å². The zero-order valence-corrected chi connectivity index (χ0v) is 17.5. The molecule has 4 rings (SSSR count). The quantitative estimate of drug-likeness (QED) is 0.627. The van der Waals surface area contributed by atoms with Gasteiger partial charge in [-0.2, -0.15) is 0 Å².